The third-order valence-electron chi connectivity index (χ3n) is 4.57. The molecular formula is C21H18ClN3O2. The van der Waals surface area contributed by atoms with Crippen molar-refractivity contribution in [3.63, 3.8) is 0 Å². The van der Waals surface area contributed by atoms with E-state index in [-0.39, 0.29) is 5.91 Å². The highest BCUT2D eigenvalue weighted by molar-refractivity contribution is 6.31. The number of rotatable bonds is 4. The number of carbonyl (C=O) groups is 1. The molecule has 0 saturated heterocycles. The van der Waals surface area contributed by atoms with E-state index < -0.39 is 0 Å². The molecule has 0 fully saturated rings. The molecule has 27 heavy (non-hydrogen) atoms. The Bertz CT molecular complexity index is 989. The average Bonchev–Trinajstić information content (AvgIpc) is 3.12. The van der Waals surface area contributed by atoms with E-state index in [1.165, 1.54) is 5.56 Å². The molecule has 2 heterocycles. The monoisotopic (exact) mass is 379 g/mol. The summed E-state index contributed by atoms with van der Waals surface area (Å²) in [4.78, 5) is 19.0. The van der Waals surface area contributed by atoms with Crippen molar-refractivity contribution in [1.29, 1.82) is 0 Å². The molecule has 1 aliphatic heterocycles. The van der Waals surface area contributed by atoms with Gasteiger partial charge in [0.15, 0.2) is 0 Å². The molecule has 1 amide bonds. The Labute approximate surface area is 162 Å². The smallest absolute Gasteiger partial charge is 0.259 e. The van der Waals surface area contributed by atoms with Gasteiger partial charge in [-0.25, -0.2) is 4.98 Å². The minimum atomic E-state index is -0.0423. The molecular weight excluding hydrogens is 362 g/mol. The Morgan fingerprint density at radius 2 is 2.04 bits per heavy atom. The maximum absolute atomic E-state index is 12.9. The quantitative estimate of drug-likeness (QED) is 0.714. The fourth-order valence-electron chi connectivity index (χ4n) is 3.22. The van der Waals surface area contributed by atoms with Crippen LogP contribution in [-0.4, -0.2) is 24.5 Å². The number of carbonyl (C=O) groups excluding carboxylic acids is 1. The zero-order chi connectivity index (χ0) is 18.8. The summed E-state index contributed by atoms with van der Waals surface area (Å²) in [5.74, 6) is 1.23. The summed E-state index contributed by atoms with van der Waals surface area (Å²) >= 11 is 6.05. The highest BCUT2D eigenvalue weighted by atomic mass is 35.5. The lowest BCUT2D eigenvalue weighted by Gasteiger charge is -2.17. The third-order valence-corrected chi connectivity index (χ3v) is 4.80. The topological polar surface area (TPSA) is 54.5 Å². The van der Waals surface area contributed by atoms with Crippen molar-refractivity contribution < 1.29 is 9.53 Å². The van der Waals surface area contributed by atoms with Gasteiger partial charge in [0.05, 0.1) is 18.4 Å². The lowest BCUT2D eigenvalue weighted by Crippen LogP contribution is -2.28. The first kappa shape index (κ1) is 17.4. The number of benzene rings is 2. The average molecular weight is 380 g/mol. The molecule has 0 spiro atoms. The number of nitrogens with one attached hydrogen (secondary N) is 1. The van der Waals surface area contributed by atoms with Crippen LogP contribution in [0.25, 0.3) is 0 Å². The number of halogens is 1. The number of amides is 1. The minimum absolute atomic E-state index is 0.0423. The van der Waals surface area contributed by atoms with Gasteiger partial charge < -0.3 is 15.0 Å². The Kier molecular flexibility index (Phi) is 4.69. The summed E-state index contributed by atoms with van der Waals surface area (Å²) in [6, 6.07) is 16.9. The predicted molar refractivity (Wildman–Crippen MR) is 107 cm³/mol. The molecule has 0 aliphatic carbocycles. The number of anilines is 3. The van der Waals surface area contributed by atoms with Gasteiger partial charge in [0.1, 0.15) is 11.6 Å². The highest BCUT2D eigenvalue weighted by Gasteiger charge is 2.25. The van der Waals surface area contributed by atoms with Gasteiger partial charge in [0.2, 0.25) is 0 Å². The van der Waals surface area contributed by atoms with Crippen molar-refractivity contribution in [3.05, 3.63) is 76.9 Å². The van der Waals surface area contributed by atoms with Crippen LogP contribution in [0, 0.1) is 0 Å². The van der Waals surface area contributed by atoms with E-state index in [9.17, 15) is 4.79 Å². The molecule has 1 aromatic heterocycles. The van der Waals surface area contributed by atoms with Crippen LogP contribution >= 0.6 is 11.6 Å². The van der Waals surface area contributed by atoms with Crippen LogP contribution in [-0.2, 0) is 6.42 Å². The predicted octanol–water partition coefficient (Wildman–Crippen LogP) is 4.69. The molecule has 0 atom stereocenters. The summed E-state index contributed by atoms with van der Waals surface area (Å²) in [5, 5.41) is 3.77. The molecule has 1 N–H and O–H groups in total. The molecule has 2 aromatic carbocycles. The van der Waals surface area contributed by atoms with E-state index in [4.69, 9.17) is 16.3 Å². The molecule has 0 unspecified atom stereocenters. The lowest BCUT2D eigenvalue weighted by molar-refractivity contribution is 0.0989. The van der Waals surface area contributed by atoms with Crippen LogP contribution < -0.4 is 15.0 Å². The minimum Gasteiger partial charge on any atom is -0.495 e. The second-order valence-electron chi connectivity index (χ2n) is 6.24. The van der Waals surface area contributed by atoms with Gasteiger partial charge in [0.25, 0.3) is 5.91 Å². The Hall–Kier alpha value is -3.05. The Balaban J connectivity index is 1.53. The first-order valence-electron chi connectivity index (χ1n) is 8.62. The largest absolute Gasteiger partial charge is 0.495 e. The SMILES string of the molecule is COc1ccc(Cl)cc1Nc1ccc(C(=O)N2CCc3ccccc32)cn1. The fourth-order valence-corrected chi connectivity index (χ4v) is 3.39. The highest BCUT2D eigenvalue weighted by Crippen LogP contribution is 2.31. The normalized spacial score (nSPS) is 12.6. The number of hydrogen-bond acceptors (Lipinski definition) is 4. The first-order chi connectivity index (χ1) is 13.2. The Morgan fingerprint density at radius 3 is 2.81 bits per heavy atom. The number of aromatic nitrogens is 1. The van der Waals surface area contributed by atoms with Gasteiger partial charge in [0, 0.05) is 23.5 Å². The molecule has 0 radical (unpaired) electrons. The zero-order valence-electron chi connectivity index (χ0n) is 14.8. The molecule has 1 aliphatic rings. The third kappa shape index (κ3) is 3.46. The second-order valence-corrected chi connectivity index (χ2v) is 6.67. The molecule has 0 saturated carbocycles. The first-order valence-corrected chi connectivity index (χ1v) is 9.00. The van der Waals surface area contributed by atoms with E-state index in [0.717, 1.165) is 12.1 Å². The number of fused-ring (bicyclic) bond motifs is 1. The lowest BCUT2D eigenvalue weighted by atomic mass is 10.2. The van der Waals surface area contributed by atoms with Crippen LogP contribution in [0.3, 0.4) is 0 Å². The molecule has 3 aromatic rings. The maximum atomic E-state index is 12.9. The van der Waals surface area contributed by atoms with Crippen LogP contribution in [0.2, 0.25) is 5.02 Å². The molecule has 4 rings (SSSR count). The Morgan fingerprint density at radius 1 is 1.19 bits per heavy atom. The number of nitrogens with zero attached hydrogens (tertiary/aromatic N) is 2. The molecule has 5 nitrogen and oxygen atoms in total. The summed E-state index contributed by atoms with van der Waals surface area (Å²) in [6.07, 6.45) is 2.46. The van der Waals surface area contributed by atoms with E-state index in [1.807, 2.05) is 18.2 Å². The summed E-state index contributed by atoms with van der Waals surface area (Å²) in [7, 11) is 1.59. The van der Waals surface area contributed by atoms with Gasteiger partial charge in [-0.15, -0.1) is 0 Å². The number of methoxy groups -OCH3 is 1. The van der Waals surface area contributed by atoms with Crippen LogP contribution in [0.5, 0.6) is 5.75 Å². The van der Waals surface area contributed by atoms with E-state index in [2.05, 4.69) is 16.4 Å². The maximum Gasteiger partial charge on any atom is 0.259 e. The molecule has 0 bridgehead atoms. The summed E-state index contributed by atoms with van der Waals surface area (Å²) in [6.45, 7) is 0.692. The summed E-state index contributed by atoms with van der Waals surface area (Å²) < 4.78 is 5.33. The number of hydrogen-bond donors (Lipinski definition) is 1. The van der Waals surface area contributed by atoms with Crippen molar-refractivity contribution in [3.8, 4) is 5.75 Å². The number of para-hydroxylation sites is 1. The molecule has 6 heteroatoms. The van der Waals surface area contributed by atoms with Crippen LogP contribution in [0.4, 0.5) is 17.2 Å². The van der Waals surface area contributed by atoms with Crippen molar-refractivity contribution in [2.75, 3.05) is 23.9 Å². The van der Waals surface area contributed by atoms with E-state index in [0.29, 0.717) is 34.4 Å². The summed E-state index contributed by atoms with van der Waals surface area (Å²) in [5.41, 5.74) is 3.44. The zero-order valence-corrected chi connectivity index (χ0v) is 15.5. The van der Waals surface area contributed by atoms with Crippen molar-refractivity contribution in [2.24, 2.45) is 0 Å². The van der Waals surface area contributed by atoms with Crippen molar-refractivity contribution >= 4 is 34.7 Å². The fraction of sp³-hybridized carbons (Fsp3) is 0.143. The van der Waals surface area contributed by atoms with E-state index in [1.54, 1.807) is 48.5 Å². The van der Waals surface area contributed by atoms with Crippen LogP contribution in [0.15, 0.2) is 60.8 Å². The second kappa shape index (κ2) is 7.29. The number of pyridine rings is 1. The van der Waals surface area contributed by atoms with Gasteiger partial charge >= 0.3 is 0 Å². The standard InChI is InChI=1S/C21H18ClN3O2/c1-27-19-8-7-16(22)12-17(19)24-20-9-6-15(13-23-20)21(26)25-11-10-14-4-2-3-5-18(14)25/h2-9,12-13H,10-11H2,1H3,(H,23,24). The van der Waals surface area contributed by atoms with Crippen molar-refractivity contribution in [2.45, 2.75) is 6.42 Å². The van der Waals surface area contributed by atoms with Gasteiger partial charge in [-0.05, 0) is 48.4 Å². The van der Waals surface area contributed by atoms with E-state index >= 15 is 0 Å². The molecule has 136 valence electrons. The van der Waals surface area contributed by atoms with Crippen LogP contribution in [0.1, 0.15) is 15.9 Å². The van der Waals surface area contributed by atoms with Gasteiger partial charge in [-0.2, -0.15) is 0 Å². The van der Waals surface area contributed by atoms with Gasteiger partial charge in [-0.3, -0.25) is 4.79 Å². The van der Waals surface area contributed by atoms with Crippen molar-refractivity contribution in [1.82, 2.24) is 4.98 Å². The number of ether oxygens (including phenoxy) is 1. The van der Waals surface area contributed by atoms with Gasteiger partial charge in [-0.1, -0.05) is 29.8 Å².